The molecule has 19 heavy (non-hydrogen) atoms. The van der Waals surface area contributed by atoms with Crippen LogP contribution in [0, 0.1) is 12.3 Å². The van der Waals surface area contributed by atoms with E-state index in [1.807, 2.05) is 0 Å². The van der Waals surface area contributed by atoms with Crippen molar-refractivity contribution >= 4 is 0 Å². The molecule has 1 heteroatoms. The van der Waals surface area contributed by atoms with Gasteiger partial charge in [0.15, 0.2) is 0 Å². The van der Waals surface area contributed by atoms with Gasteiger partial charge < -0.3 is 5.32 Å². The predicted molar refractivity (Wildman–Crippen MR) is 83.5 cm³/mol. The minimum atomic E-state index is 0.484. The van der Waals surface area contributed by atoms with E-state index in [9.17, 15) is 0 Å². The molecule has 1 aliphatic carbocycles. The molecule has 1 saturated carbocycles. The molecule has 106 valence electrons. The van der Waals surface area contributed by atoms with Crippen molar-refractivity contribution < 1.29 is 0 Å². The molecular formula is C18H29N. The highest BCUT2D eigenvalue weighted by Crippen LogP contribution is 2.39. The monoisotopic (exact) mass is 259 g/mol. The first-order valence-electron chi connectivity index (χ1n) is 7.93. The first-order valence-corrected chi connectivity index (χ1v) is 7.93. The van der Waals surface area contributed by atoms with Crippen molar-refractivity contribution in [3.05, 3.63) is 35.4 Å². The number of aryl methyl sites for hydroxylation is 1. The molecule has 0 saturated heterocycles. The second-order valence-corrected chi connectivity index (χ2v) is 6.52. The van der Waals surface area contributed by atoms with Gasteiger partial charge in [-0.2, -0.15) is 0 Å². The van der Waals surface area contributed by atoms with Gasteiger partial charge in [-0.15, -0.1) is 0 Å². The van der Waals surface area contributed by atoms with Gasteiger partial charge in [0.25, 0.3) is 0 Å². The van der Waals surface area contributed by atoms with Crippen LogP contribution in [0.5, 0.6) is 0 Å². The molecule has 0 aromatic heterocycles. The van der Waals surface area contributed by atoms with Crippen molar-refractivity contribution in [2.24, 2.45) is 5.41 Å². The number of hydrogen-bond acceptors (Lipinski definition) is 1. The molecule has 1 unspecified atom stereocenters. The molecule has 0 heterocycles. The van der Waals surface area contributed by atoms with E-state index in [4.69, 9.17) is 0 Å². The number of hydrogen-bond donors (Lipinski definition) is 1. The zero-order valence-electron chi connectivity index (χ0n) is 12.8. The van der Waals surface area contributed by atoms with Crippen molar-refractivity contribution in [1.29, 1.82) is 0 Å². The smallest absolute Gasteiger partial charge is 0.0161 e. The maximum absolute atomic E-state index is 3.76. The van der Waals surface area contributed by atoms with E-state index in [0.29, 0.717) is 11.5 Å². The Morgan fingerprint density at radius 1 is 1.21 bits per heavy atom. The van der Waals surface area contributed by atoms with Crippen LogP contribution in [0.1, 0.15) is 57.1 Å². The minimum absolute atomic E-state index is 0.484. The number of nitrogens with one attached hydrogen (secondary N) is 1. The molecule has 1 N–H and O–H groups in total. The van der Waals surface area contributed by atoms with E-state index in [0.717, 1.165) is 6.54 Å². The summed E-state index contributed by atoms with van der Waals surface area (Å²) in [4.78, 5) is 0. The number of rotatable bonds is 5. The number of likely N-dealkylation sites (N-methyl/N-ethyl adjacent to an activating group) is 1. The summed E-state index contributed by atoms with van der Waals surface area (Å²) in [5.74, 6) is 0. The van der Waals surface area contributed by atoms with Crippen LogP contribution in [0.3, 0.4) is 0 Å². The molecular weight excluding hydrogens is 230 g/mol. The van der Waals surface area contributed by atoms with E-state index < -0.39 is 0 Å². The van der Waals surface area contributed by atoms with E-state index in [2.05, 4.69) is 50.4 Å². The van der Waals surface area contributed by atoms with Crippen molar-refractivity contribution in [2.75, 3.05) is 6.54 Å². The Balaban J connectivity index is 2.11. The quantitative estimate of drug-likeness (QED) is 0.821. The van der Waals surface area contributed by atoms with Crippen molar-refractivity contribution in [2.45, 2.75) is 65.3 Å². The van der Waals surface area contributed by atoms with Crippen LogP contribution in [0.2, 0.25) is 0 Å². The summed E-state index contributed by atoms with van der Waals surface area (Å²) >= 11 is 0. The van der Waals surface area contributed by atoms with Gasteiger partial charge in [0.2, 0.25) is 0 Å². The lowest BCUT2D eigenvalue weighted by atomic mass is 9.69. The maximum Gasteiger partial charge on any atom is 0.0161 e. The summed E-state index contributed by atoms with van der Waals surface area (Å²) in [6.07, 6.45) is 8.19. The summed E-state index contributed by atoms with van der Waals surface area (Å²) in [7, 11) is 0. The molecule has 0 aliphatic heterocycles. The highest BCUT2D eigenvalue weighted by atomic mass is 14.9. The molecule has 0 bridgehead atoms. The largest absolute Gasteiger partial charge is 0.313 e. The Hall–Kier alpha value is -0.820. The van der Waals surface area contributed by atoms with Crippen molar-refractivity contribution in [3.8, 4) is 0 Å². The zero-order chi connectivity index (χ0) is 13.7. The third-order valence-corrected chi connectivity index (χ3v) is 4.81. The predicted octanol–water partition coefficient (Wildman–Crippen LogP) is 4.49. The Morgan fingerprint density at radius 3 is 2.58 bits per heavy atom. The SMILES string of the molecule is CCNC(Cc1cccc(C)c1)C1(C)CCCCC1. The lowest BCUT2D eigenvalue weighted by molar-refractivity contribution is 0.145. The van der Waals surface area contributed by atoms with Crippen LogP contribution in [0.15, 0.2) is 24.3 Å². The highest BCUT2D eigenvalue weighted by Gasteiger charge is 2.34. The lowest BCUT2D eigenvalue weighted by Crippen LogP contribution is -2.46. The fraction of sp³-hybridized carbons (Fsp3) is 0.667. The molecule has 2 rings (SSSR count). The van der Waals surface area contributed by atoms with Crippen molar-refractivity contribution in [3.63, 3.8) is 0 Å². The second kappa shape index (κ2) is 6.56. The van der Waals surface area contributed by atoms with Gasteiger partial charge in [0, 0.05) is 6.04 Å². The Bertz CT molecular complexity index is 390. The van der Waals surface area contributed by atoms with Crippen molar-refractivity contribution in [1.82, 2.24) is 5.32 Å². The lowest BCUT2D eigenvalue weighted by Gasteiger charge is -2.41. The van der Waals surface area contributed by atoms with Gasteiger partial charge in [-0.25, -0.2) is 0 Å². The molecule has 1 nitrogen and oxygen atoms in total. The summed E-state index contributed by atoms with van der Waals surface area (Å²) in [6.45, 7) is 7.99. The average molecular weight is 259 g/mol. The fourth-order valence-corrected chi connectivity index (χ4v) is 3.59. The highest BCUT2D eigenvalue weighted by molar-refractivity contribution is 5.23. The maximum atomic E-state index is 3.76. The topological polar surface area (TPSA) is 12.0 Å². The second-order valence-electron chi connectivity index (χ2n) is 6.52. The normalized spacial score (nSPS) is 20.2. The first-order chi connectivity index (χ1) is 9.14. The third-order valence-electron chi connectivity index (χ3n) is 4.81. The van der Waals surface area contributed by atoms with E-state index in [-0.39, 0.29) is 0 Å². The van der Waals surface area contributed by atoms with Crippen LogP contribution in [-0.4, -0.2) is 12.6 Å². The first kappa shape index (κ1) is 14.6. The van der Waals surface area contributed by atoms with Gasteiger partial charge in [0.1, 0.15) is 0 Å². The van der Waals surface area contributed by atoms with Gasteiger partial charge in [0.05, 0.1) is 0 Å². The molecule has 1 aliphatic rings. The van der Waals surface area contributed by atoms with Crippen LogP contribution in [-0.2, 0) is 6.42 Å². The molecule has 1 aromatic rings. The molecule has 0 radical (unpaired) electrons. The average Bonchev–Trinajstić information content (AvgIpc) is 2.39. The molecule has 1 aromatic carbocycles. The molecule has 0 amide bonds. The van der Waals surface area contributed by atoms with E-state index >= 15 is 0 Å². The molecule has 1 atom stereocenters. The van der Waals surface area contributed by atoms with Gasteiger partial charge in [-0.3, -0.25) is 0 Å². The van der Waals surface area contributed by atoms with Gasteiger partial charge >= 0.3 is 0 Å². The van der Waals surface area contributed by atoms with Gasteiger partial charge in [-0.05, 0) is 43.7 Å². The molecule has 0 spiro atoms. The Morgan fingerprint density at radius 2 is 1.95 bits per heavy atom. The Kier molecular flexibility index (Phi) is 5.04. The fourth-order valence-electron chi connectivity index (χ4n) is 3.59. The Labute approximate surface area is 118 Å². The van der Waals surface area contributed by atoms with E-state index in [1.54, 1.807) is 0 Å². The summed E-state index contributed by atoms with van der Waals surface area (Å²) < 4.78 is 0. The van der Waals surface area contributed by atoms with Gasteiger partial charge in [-0.1, -0.05) is 62.9 Å². The zero-order valence-corrected chi connectivity index (χ0v) is 12.8. The van der Waals surface area contributed by atoms with E-state index in [1.165, 1.54) is 49.7 Å². The summed E-state index contributed by atoms with van der Waals surface area (Å²) in [5.41, 5.74) is 3.34. The minimum Gasteiger partial charge on any atom is -0.313 e. The standard InChI is InChI=1S/C18H29N/c1-4-19-17(18(3)11-6-5-7-12-18)14-16-10-8-9-15(2)13-16/h8-10,13,17,19H,4-7,11-12,14H2,1-3H3. The summed E-state index contributed by atoms with van der Waals surface area (Å²) in [6, 6.07) is 9.63. The number of benzene rings is 1. The van der Waals surface area contributed by atoms with Crippen LogP contribution in [0.25, 0.3) is 0 Å². The van der Waals surface area contributed by atoms with Crippen LogP contribution >= 0.6 is 0 Å². The van der Waals surface area contributed by atoms with Crippen LogP contribution < -0.4 is 5.32 Å². The molecule has 1 fully saturated rings. The van der Waals surface area contributed by atoms with Crippen LogP contribution in [0.4, 0.5) is 0 Å². The third kappa shape index (κ3) is 3.82. The summed E-state index contributed by atoms with van der Waals surface area (Å²) in [5, 5.41) is 3.76.